The molecule has 0 saturated heterocycles. The highest BCUT2D eigenvalue weighted by atomic mass is 35.5. The number of hydrogen-bond donors (Lipinski definition) is 1. The van der Waals surface area contributed by atoms with Crippen molar-refractivity contribution in [2.45, 2.75) is 25.9 Å². The van der Waals surface area contributed by atoms with Crippen molar-refractivity contribution in [3.63, 3.8) is 0 Å². The third kappa shape index (κ3) is 7.58. The molecule has 0 radical (unpaired) electrons. The minimum Gasteiger partial charge on any atom is -0.355 e. The van der Waals surface area contributed by atoms with E-state index >= 15 is 0 Å². The van der Waals surface area contributed by atoms with Crippen molar-refractivity contribution in [1.29, 1.82) is 0 Å². The molecule has 4 aromatic rings. The largest absolute Gasteiger partial charge is 0.355 e. The Morgan fingerprint density at radius 1 is 0.854 bits per heavy atom. The van der Waals surface area contributed by atoms with Gasteiger partial charge in [0.25, 0.3) is 0 Å². The zero-order valence-electron chi connectivity index (χ0n) is 22.8. The molecule has 0 spiro atoms. The van der Waals surface area contributed by atoms with Gasteiger partial charge in [0, 0.05) is 24.9 Å². The van der Waals surface area contributed by atoms with E-state index < -0.39 is 28.5 Å². The van der Waals surface area contributed by atoms with E-state index in [0.717, 1.165) is 21.5 Å². The van der Waals surface area contributed by atoms with Gasteiger partial charge in [-0.25, -0.2) is 8.42 Å². The molecule has 0 bridgehead atoms. The highest BCUT2D eigenvalue weighted by molar-refractivity contribution is 7.92. The maximum atomic E-state index is 14.2. The zero-order valence-corrected chi connectivity index (χ0v) is 25.1. The fraction of sp³-hybridized carbons (Fsp3) is 0.226. The summed E-state index contributed by atoms with van der Waals surface area (Å²) in [4.78, 5) is 29.1. The predicted molar refractivity (Wildman–Crippen MR) is 166 cm³/mol. The maximum Gasteiger partial charge on any atom is 0.244 e. The van der Waals surface area contributed by atoms with Gasteiger partial charge in [0.05, 0.1) is 22.0 Å². The Hall–Kier alpha value is -3.59. The molecule has 0 aliphatic rings. The van der Waals surface area contributed by atoms with Crippen molar-refractivity contribution in [2.75, 3.05) is 23.7 Å². The number of amides is 2. The molecule has 0 aromatic heterocycles. The monoisotopic (exact) mass is 611 g/mol. The summed E-state index contributed by atoms with van der Waals surface area (Å²) in [6, 6.07) is 26.1. The fourth-order valence-electron chi connectivity index (χ4n) is 4.70. The normalized spacial score (nSPS) is 12.1. The van der Waals surface area contributed by atoms with Gasteiger partial charge in [0.2, 0.25) is 21.8 Å². The second kappa shape index (κ2) is 13.4. The molecule has 0 heterocycles. The first-order valence-electron chi connectivity index (χ1n) is 13.1. The Bertz CT molecular complexity index is 1640. The summed E-state index contributed by atoms with van der Waals surface area (Å²) in [7, 11) is -3.89. The molecule has 41 heavy (non-hydrogen) atoms. The van der Waals surface area contributed by atoms with Crippen LogP contribution in [-0.4, -0.2) is 50.5 Å². The Kier molecular flexibility index (Phi) is 9.91. The van der Waals surface area contributed by atoms with Crippen LogP contribution in [0.3, 0.4) is 0 Å². The van der Waals surface area contributed by atoms with E-state index in [9.17, 15) is 18.0 Å². The standard InChI is InChI=1S/C31H31Cl2N3O4S/c1-3-34-31(38)29(19-22-10-5-4-6-11-22)35(20-23-16-17-26(32)27(33)18-23)30(37)21-36(41(2,39)40)28-15-9-13-24-12-7-8-14-25(24)28/h4-18,29H,3,19-21H2,1-2H3,(H,34,38)/t29-/m1/s1. The van der Waals surface area contributed by atoms with E-state index in [-0.39, 0.29) is 18.9 Å². The highest BCUT2D eigenvalue weighted by Crippen LogP contribution is 2.29. The lowest BCUT2D eigenvalue weighted by molar-refractivity contribution is -0.140. The lowest BCUT2D eigenvalue weighted by Gasteiger charge is -2.33. The highest BCUT2D eigenvalue weighted by Gasteiger charge is 2.33. The molecule has 0 aliphatic heterocycles. The average molecular weight is 613 g/mol. The summed E-state index contributed by atoms with van der Waals surface area (Å²) >= 11 is 12.4. The fourth-order valence-corrected chi connectivity index (χ4v) is 5.88. The molecule has 0 unspecified atom stereocenters. The number of sulfonamides is 1. The van der Waals surface area contributed by atoms with Crippen molar-refractivity contribution in [1.82, 2.24) is 10.2 Å². The number of halogens is 2. The van der Waals surface area contributed by atoms with Gasteiger partial charge in [-0.15, -0.1) is 0 Å². The van der Waals surface area contributed by atoms with E-state index in [4.69, 9.17) is 23.2 Å². The van der Waals surface area contributed by atoms with E-state index in [2.05, 4.69) is 5.32 Å². The van der Waals surface area contributed by atoms with Crippen LogP contribution in [0, 0.1) is 0 Å². The molecule has 0 saturated carbocycles. The number of likely N-dealkylation sites (N-methyl/N-ethyl adjacent to an activating group) is 1. The number of rotatable bonds is 11. The molecule has 4 aromatic carbocycles. The second-order valence-electron chi connectivity index (χ2n) is 9.64. The van der Waals surface area contributed by atoms with Crippen LogP contribution in [0.4, 0.5) is 5.69 Å². The molecule has 0 aliphatic carbocycles. The SMILES string of the molecule is CCNC(=O)[C@@H](Cc1ccccc1)N(Cc1ccc(Cl)c(Cl)c1)C(=O)CN(c1cccc2ccccc12)S(C)(=O)=O. The van der Waals surface area contributed by atoms with Crippen LogP contribution in [0.2, 0.25) is 10.0 Å². The van der Waals surface area contributed by atoms with Crippen LogP contribution in [0.25, 0.3) is 10.8 Å². The molecule has 214 valence electrons. The minimum absolute atomic E-state index is 0.0114. The molecule has 7 nitrogen and oxygen atoms in total. The van der Waals surface area contributed by atoms with Crippen molar-refractivity contribution < 1.29 is 18.0 Å². The van der Waals surface area contributed by atoms with Crippen molar-refractivity contribution in [3.8, 4) is 0 Å². The number of benzene rings is 4. The molecular weight excluding hydrogens is 581 g/mol. The Morgan fingerprint density at radius 2 is 1.54 bits per heavy atom. The van der Waals surface area contributed by atoms with Crippen LogP contribution in [0.1, 0.15) is 18.1 Å². The summed E-state index contributed by atoms with van der Waals surface area (Å²) in [6.45, 7) is 1.68. The maximum absolute atomic E-state index is 14.2. The van der Waals surface area contributed by atoms with Gasteiger partial charge in [-0.1, -0.05) is 96.0 Å². The molecule has 0 fully saturated rings. The molecule has 2 amide bonds. The Labute approximate surface area is 250 Å². The number of fused-ring (bicyclic) bond motifs is 1. The smallest absolute Gasteiger partial charge is 0.244 e. The Morgan fingerprint density at radius 3 is 2.22 bits per heavy atom. The number of nitrogens with zero attached hydrogens (tertiary/aromatic N) is 2. The number of nitrogens with one attached hydrogen (secondary N) is 1. The summed E-state index contributed by atoms with van der Waals surface area (Å²) < 4.78 is 27.3. The van der Waals surface area contributed by atoms with Crippen LogP contribution < -0.4 is 9.62 Å². The minimum atomic E-state index is -3.89. The van der Waals surface area contributed by atoms with Crippen LogP contribution in [0.5, 0.6) is 0 Å². The zero-order chi connectivity index (χ0) is 29.6. The summed E-state index contributed by atoms with van der Waals surface area (Å²) in [5.74, 6) is -0.887. The predicted octanol–water partition coefficient (Wildman–Crippen LogP) is 5.69. The second-order valence-corrected chi connectivity index (χ2v) is 12.4. The van der Waals surface area contributed by atoms with Crippen molar-refractivity contribution in [2.24, 2.45) is 0 Å². The van der Waals surface area contributed by atoms with Gasteiger partial charge in [-0.2, -0.15) is 0 Å². The molecule has 1 atom stereocenters. The summed E-state index contributed by atoms with van der Waals surface area (Å²) in [6.07, 6.45) is 1.30. The van der Waals surface area contributed by atoms with Gasteiger partial charge in [-0.3, -0.25) is 13.9 Å². The summed E-state index contributed by atoms with van der Waals surface area (Å²) in [5.41, 5.74) is 1.88. The summed E-state index contributed by atoms with van der Waals surface area (Å²) in [5, 5.41) is 5.03. The molecule has 1 N–H and O–H groups in total. The van der Waals surface area contributed by atoms with Crippen LogP contribution in [-0.2, 0) is 32.6 Å². The Balaban J connectivity index is 1.78. The van der Waals surface area contributed by atoms with Crippen molar-refractivity contribution >= 4 is 61.5 Å². The van der Waals surface area contributed by atoms with Crippen LogP contribution >= 0.6 is 23.2 Å². The first-order valence-corrected chi connectivity index (χ1v) is 15.7. The molecular formula is C31H31Cl2N3O4S. The lowest BCUT2D eigenvalue weighted by Crippen LogP contribution is -2.53. The molecule has 10 heteroatoms. The quantitative estimate of drug-likeness (QED) is 0.236. The third-order valence-electron chi connectivity index (χ3n) is 6.67. The first kappa shape index (κ1) is 30.4. The first-order chi connectivity index (χ1) is 19.6. The van der Waals surface area contributed by atoms with Gasteiger partial charge in [0.1, 0.15) is 12.6 Å². The third-order valence-corrected chi connectivity index (χ3v) is 8.54. The van der Waals surface area contributed by atoms with Crippen molar-refractivity contribution in [3.05, 3.63) is 112 Å². The number of hydrogen-bond acceptors (Lipinski definition) is 4. The van der Waals surface area contributed by atoms with E-state index in [1.807, 2.05) is 60.7 Å². The number of carbonyl (C=O) groups is 2. The van der Waals surface area contributed by atoms with E-state index in [1.54, 1.807) is 37.3 Å². The number of carbonyl (C=O) groups excluding carboxylic acids is 2. The number of anilines is 1. The topological polar surface area (TPSA) is 86.8 Å². The average Bonchev–Trinajstić information content (AvgIpc) is 2.95. The lowest BCUT2D eigenvalue weighted by atomic mass is 10.0. The van der Waals surface area contributed by atoms with E-state index in [0.29, 0.717) is 33.2 Å². The van der Waals surface area contributed by atoms with Gasteiger partial charge >= 0.3 is 0 Å². The van der Waals surface area contributed by atoms with Gasteiger partial charge in [0.15, 0.2) is 0 Å². The molecule has 4 rings (SSSR count). The van der Waals surface area contributed by atoms with Gasteiger partial charge < -0.3 is 10.2 Å². The van der Waals surface area contributed by atoms with E-state index in [1.165, 1.54) is 4.90 Å². The van der Waals surface area contributed by atoms with Crippen LogP contribution in [0.15, 0.2) is 91.0 Å². The van der Waals surface area contributed by atoms with Gasteiger partial charge in [-0.05, 0) is 41.6 Å².